The van der Waals surface area contributed by atoms with Gasteiger partial charge in [0.05, 0.1) is 6.54 Å². The van der Waals surface area contributed by atoms with Crippen molar-refractivity contribution in [3.63, 3.8) is 0 Å². The zero-order valence-electron chi connectivity index (χ0n) is 16.1. The zero-order valence-corrected chi connectivity index (χ0v) is 16.1. The summed E-state index contributed by atoms with van der Waals surface area (Å²) in [6.45, 7) is 0.337. The molecule has 2 atom stereocenters. The number of pyridine rings is 1. The highest BCUT2D eigenvalue weighted by atomic mass is 16.3. The lowest BCUT2D eigenvalue weighted by molar-refractivity contribution is 0.0961. The van der Waals surface area contributed by atoms with E-state index >= 15 is 0 Å². The van der Waals surface area contributed by atoms with Gasteiger partial charge in [-0.3, -0.25) is 14.4 Å². The summed E-state index contributed by atoms with van der Waals surface area (Å²) in [5, 5.41) is 12.7. The van der Waals surface area contributed by atoms with E-state index in [-0.39, 0.29) is 36.3 Å². The van der Waals surface area contributed by atoms with E-state index in [2.05, 4.69) is 10.3 Å². The number of aliphatic hydroxyl groups is 1. The first-order valence-corrected chi connectivity index (χ1v) is 9.67. The molecule has 1 saturated carbocycles. The van der Waals surface area contributed by atoms with Crippen molar-refractivity contribution < 1.29 is 14.7 Å². The maximum atomic E-state index is 12.9. The predicted molar refractivity (Wildman–Crippen MR) is 109 cm³/mol. The maximum Gasteiger partial charge on any atom is 0.263 e. The molecule has 3 aromatic rings. The molecule has 2 heterocycles. The van der Waals surface area contributed by atoms with E-state index in [1.807, 2.05) is 30.5 Å². The van der Waals surface area contributed by atoms with Crippen LogP contribution in [0.5, 0.6) is 0 Å². The Labute approximate surface area is 167 Å². The van der Waals surface area contributed by atoms with Crippen LogP contribution in [0.1, 0.15) is 39.1 Å². The number of rotatable bonds is 7. The zero-order chi connectivity index (χ0) is 20.5. The second kappa shape index (κ2) is 7.67. The molecule has 0 saturated heterocycles. The van der Waals surface area contributed by atoms with Crippen molar-refractivity contribution in [2.75, 3.05) is 13.7 Å². The number of nitrogens with one attached hydrogen (secondary N) is 2. The minimum absolute atomic E-state index is 0.0471. The fraction of sp³-hybridized carbons (Fsp3) is 0.318. The van der Waals surface area contributed by atoms with Gasteiger partial charge in [-0.05, 0) is 42.0 Å². The summed E-state index contributed by atoms with van der Waals surface area (Å²) in [6.07, 6.45) is 4.52. The van der Waals surface area contributed by atoms with Crippen molar-refractivity contribution >= 4 is 22.6 Å². The summed E-state index contributed by atoms with van der Waals surface area (Å²) in [4.78, 5) is 41.1. The van der Waals surface area contributed by atoms with Gasteiger partial charge in [0.25, 0.3) is 11.5 Å². The highest BCUT2D eigenvalue weighted by molar-refractivity contribution is 6.00. The first kappa shape index (κ1) is 19.1. The third-order valence-corrected chi connectivity index (χ3v) is 5.66. The summed E-state index contributed by atoms with van der Waals surface area (Å²) in [5.74, 6) is -0.290. The minimum atomic E-state index is -0.516. The first-order valence-electron chi connectivity index (χ1n) is 9.67. The van der Waals surface area contributed by atoms with E-state index in [9.17, 15) is 19.5 Å². The number of amides is 1. The molecule has 1 aliphatic rings. The van der Waals surface area contributed by atoms with Crippen LogP contribution in [0.15, 0.2) is 47.5 Å². The smallest absolute Gasteiger partial charge is 0.263 e. The molecule has 150 valence electrons. The number of hydrogen-bond donors (Lipinski definition) is 3. The second-order valence-electron chi connectivity index (χ2n) is 7.58. The van der Waals surface area contributed by atoms with Crippen molar-refractivity contribution in [1.29, 1.82) is 0 Å². The number of aliphatic hydroxyl groups excluding tert-OH is 1. The van der Waals surface area contributed by atoms with Crippen LogP contribution in [0.2, 0.25) is 0 Å². The number of H-pyrrole nitrogens is 1. The number of ketones is 1. The molecule has 0 radical (unpaired) electrons. The molecule has 1 amide bonds. The molecule has 0 unspecified atom stereocenters. The van der Waals surface area contributed by atoms with Crippen molar-refractivity contribution in [1.82, 2.24) is 14.9 Å². The van der Waals surface area contributed by atoms with E-state index in [0.29, 0.717) is 12.0 Å². The summed E-state index contributed by atoms with van der Waals surface area (Å²) in [5.41, 5.74) is 1.73. The predicted octanol–water partition coefficient (Wildman–Crippen LogP) is 1.94. The van der Waals surface area contributed by atoms with Crippen molar-refractivity contribution in [2.24, 2.45) is 11.8 Å². The summed E-state index contributed by atoms with van der Waals surface area (Å²) >= 11 is 0. The van der Waals surface area contributed by atoms with Gasteiger partial charge in [-0.1, -0.05) is 12.1 Å². The number of hydrogen-bond acceptors (Lipinski definition) is 4. The fourth-order valence-corrected chi connectivity index (χ4v) is 3.81. The van der Waals surface area contributed by atoms with Crippen LogP contribution in [0.25, 0.3) is 10.9 Å². The average Bonchev–Trinajstić information content (AvgIpc) is 3.29. The van der Waals surface area contributed by atoms with Crippen LogP contribution in [0.3, 0.4) is 0 Å². The van der Waals surface area contributed by atoms with Gasteiger partial charge in [-0.15, -0.1) is 0 Å². The number of aromatic amines is 1. The van der Waals surface area contributed by atoms with Crippen molar-refractivity contribution in [3.8, 4) is 0 Å². The largest absolute Gasteiger partial charge is 0.396 e. The van der Waals surface area contributed by atoms with Crippen LogP contribution in [0.4, 0.5) is 0 Å². The van der Waals surface area contributed by atoms with Gasteiger partial charge in [-0.2, -0.15) is 0 Å². The molecule has 0 aliphatic heterocycles. The lowest BCUT2D eigenvalue weighted by Gasteiger charge is -2.12. The van der Waals surface area contributed by atoms with Gasteiger partial charge >= 0.3 is 0 Å². The molecule has 0 bridgehead atoms. The van der Waals surface area contributed by atoms with Gasteiger partial charge in [0.2, 0.25) is 0 Å². The van der Waals surface area contributed by atoms with Crippen LogP contribution >= 0.6 is 0 Å². The number of Topliss-reactive ketones (excluding diaryl/α,β-unsaturated/α-hetero) is 1. The quantitative estimate of drug-likeness (QED) is 0.534. The second-order valence-corrected chi connectivity index (χ2v) is 7.58. The summed E-state index contributed by atoms with van der Waals surface area (Å²) < 4.78 is 1.43. The number of carbonyl (C=O) groups is 2. The molecule has 7 heteroatoms. The molecule has 4 rings (SSSR count). The van der Waals surface area contributed by atoms with Gasteiger partial charge in [0, 0.05) is 48.9 Å². The summed E-state index contributed by atoms with van der Waals surface area (Å²) in [6, 6.07) is 9.09. The van der Waals surface area contributed by atoms with Crippen LogP contribution in [-0.4, -0.2) is 40.0 Å². The highest BCUT2D eigenvalue weighted by Gasteiger charge is 2.38. The number of nitrogens with zero attached hydrogens (tertiary/aromatic N) is 1. The molecular formula is C22H23N3O4. The Bertz CT molecular complexity index is 1140. The molecule has 7 nitrogen and oxygen atoms in total. The number of carbonyl (C=O) groups excluding carboxylic acids is 2. The topological polar surface area (TPSA) is 104 Å². The molecule has 1 fully saturated rings. The molecule has 0 spiro atoms. The lowest BCUT2D eigenvalue weighted by Crippen LogP contribution is -2.32. The number of benzene rings is 1. The van der Waals surface area contributed by atoms with Gasteiger partial charge in [0.1, 0.15) is 5.56 Å². The third kappa shape index (κ3) is 3.73. The molecular weight excluding hydrogens is 370 g/mol. The normalized spacial score (nSPS) is 18.0. The average molecular weight is 393 g/mol. The Hall–Kier alpha value is -3.19. The SMILES string of the molecule is CNC(=O)c1cc(C(=O)C[C@@H]2C[C@H]2CO)cn(Cc2cccc3[nH]ccc23)c1=O. The van der Waals surface area contributed by atoms with Crippen molar-refractivity contribution in [3.05, 3.63) is 69.8 Å². The number of aromatic nitrogens is 2. The van der Waals surface area contributed by atoms with E-state index in [0.717, 1.165) is 22.9 Å². The molecule has 1 aromatic carbocycles. The Morgan fingerprint density at radius 2 is 2.10 bits per heavy atom. The van der Waals surface area contributed by atoms with Gasteiger partial charge in [-0.25, -0.2) is 0 Å². The van der Waals surface area contributed by atoms with Crippen LogP contribution < -0.4 is 10.9 Å². The lowest BCUT2D eigenvalue weighted by atomic mass is 10.0. The Morgan fingerprint density at radius 1 is 1.28 bits per heavy atom. The standard InChI is InChI=1S/C22H23N3O4/c1-23-21(28)18-8-15(20(27)9-14-7-16(14)12-26)11-25(22(18)29)10-13-3-2-4-19-17(13)5-6-24-19/h2-6,8,11,14,16,24,26H,7,9-10,12H2,1H3,(H,23,28)/t14-,16-/m0/s1. The minimum Gasteiger partial charge on any atom is -0.396 e. The Morgan fingerprint density at radius 3 is 2.83 bits per heavy atom. The van der Waals surface area contributed by atoms with E-state index < -0.39 is 11.5 Å². The van der Waals surface area contributed by atoms with E-state index in [1.54, 1.807) is 6.20 Å². The third-order valence-electron chi connectivity index (χ3n) is 5.66. The monoisotopic (exact) mass is 393 g/mol. The van der Waals surface area contributed by atoms with Gasteiger partial charge in [0.15, 0.2) is 5.78 Å². The molecule has 2 aromatic heterocycles. The van der Waals surface area contributed by atoms with Crippen LogP contribution in [-0.2, 0) is 6.54 Å². The first-order chi connectivity index (χ1) is 14.0. The Balaban J connectivity index is 1.72. The molecule has 1 aliphatic carbocycles. The Kier molecular flexibility index (Phi) is 5.07. The van der Waals surface area contributed by atoms with Crippen molar-refractivity contribution in [2.45, 2.75) is 19.4 Å². The van der Waals surface area contributed by atoms with E-state index in [4.69, 9.17) is 0 Å². The molecule has 3 N–H and O–H groups in total. The summed E-state index contributed by atoms with van der Waals surface area (Å²) in [7, 11) is 1.46. The maximum absolute atomic E-state index is 12.9. The fourth-order valence-electron chi connectivity index (χ4n) is 3.81. The molecule has 29 heavy (non-hydrogen) atoms. The van der Waals surface area contributed by atoms with Gasteiger partial charge < -0.3 is 20.0 Å². The highest BCUT2D eigenvalue weighted by Crippen LogP contribution is 2.41. The number of fused-ring (bicyclic) bond motifs is 1. The van der Waals surface area contributed by atoms with Crippen LogP contribution in [0, 0.1) is 11.8 Å². The van der Waals surface area contributed by atoms with E-state index in [1.165, 1.54) is 17.7 Å².